The highest BCUT2D eigenvalue weighted by molar-refractivity contribution is 7.22. The molecule has 4 rings (SSSR count). The Labute approximate surface area is 177 Å². The van der Waals surface area contributed by atoms with Crippen molar-refractivity contribution in [3.05, 3.63) is 70.8 Å². The minimum atomic E-state index is -0.215. The highest BCUT2D eigenvalue weighted by atomic mass is 35.5. The molecule has 0 aliphatic carbocycles. The average Bonchev–Trinajstić information content (AvgIpc) is 3.31. The molecule has 0 spiro atoms. The maximum atomic E-state index is 13.5. The number of rotatable bonds is 5. The van der Waals surface area contributed by atoms with Crippen molar-refractivity contribution in [2.24, 2.45) is 0 Å². The lowest BCUT2D eigenvalue weighted by atomic mass is 10.3. The van der Waals surface area contributed by atoms with Crippen molar-refractivity contribution in [3.63, 3.8) is 0 Å². The monoisotopic (exact) mass is 425 g/mol. The van der Waals surface area contributed by atoms with E-state index < -0.39 is 0 Å². The van der Waals surface area contributed by atoms with E-state index in [9.17, 15) is 4.79 Å². The van der Waals surface area contributed by atoms with Gasteiger partial charge in [-0.15, -0.1) is 0 Å². The smallest absolute Gasteiger partial charge is 0.276 e. The van der Waals surface area contributed by atoms with Gasteiger partial charge >= 0.3 is 0 Å². The number of aromatic nitrogens is 4. The van der Waals surface area contributed by atoms with Gasteiger partial charge in [-0.1, -0.05) is 35.1 Å². The molecule has 0 aliphatic heterocycles. The Morgan fingerprint density at radius 2 is 2.07 bits per heavy atom. The number of para-hydroxylation sites is 1. The number of hydrogen-bond donors (Lipinski definition) is 0. The van der Waals surface area contributed by atoms with Crippen LogP contribution in [0.15, 0.2) is 48.7 Å². The molecule has 0 bridgehead atoms. The summed E-state index contributed by atoms with van der Waals surface area (Å²) >= 11 is 7.73. The summed E-state index contributed by atoms with van der Waals surface area (Å²) in [7, 11) is 0. The largest absolute Gasteiger partial charge is 0.280 e. The first kappa shape index (κ1) is 19.5. The fourth-order valence-electron chi connectivity index (χ4n) is 3.15. The summed E-state index contributed by atoms with van der Waals surface area (Å²) in [5.74, 6) is -0.215. The molecule has 3 aromatic heterocycles. The molecular weight excluding hydrogens is 406 g/mol. The van der Waals surface area contributed by atoms with Gasteiger partial charge in [0, 0.05) is 17.9 Å². The molecular formula is C21H20ClN5OS. The minimum Gasteiger partial charge on any atom is -0.276 e. The van der Waals surface area contributed by atoms with Crippen molar-refractivity contribution in [2.75, 3.05) is 4.90 Å². The summed E-state index contributed by atoms with van der Waals surface area (Å²) in [6.07, 6.45) is 1.71. The minimum absolute atomic E-state index is 0.169. The molecule has 0 N–H and O–H groups in total. The molecule has 4 aromatic rings. The Bertz CT molecular complexity index is 1170. The SMILES string of the molecule is Cc1cc(C(=O)N(Cc2ccccn2)c2nc3c(Cl)cccc3s2)nn1C(C)C. The quantitative estimate of drug-likeness (QED) is 0.436. The van der Waals surface area contributed by atoms with Crippen molar-refractivity contribution in [2.45, 2.75) is 33.4 Å². The van der Waals surface area contributed by atoms with Crippen LogP contribution < -0.4 is 4.90 Å². The summed E-state index contributed by atoms with van der Waals surface area (Å²) in [5.41, 5.74) is 2.79. The van der Waals surface area contributed by atoms with E-state index in [1.54, 1.807) is 17.2 Å². The van der Waals surface area contributed by atoms with Crippen LogP contribution in [0.3, 0.4) is 0 Å². The number of halogens is 1. The van der Waals surface area contributed by atoms with Crippen LogP contribution in [-0.2, 0) is 6.54 Å². The number of carbonyl (C=O) groups is 1. The van der Waals surface area contributed by atoms with Gasteiger partial charge in [0.2, 0.25) is 0 Å². The maximum absolute atomic E-state index is 13.5. The number of anilines is 1. The van der Waals surface area contributed by atoms with Crippen molar-refractivity contribution in [1.29, 1.82) is 0 Å². The third-order valence-electron chi connectivity index (χ3n) is 4.51. The van der Waals surface area contributed by atoms with E-state index in [-0.39, 0.29) is 11.9 Å². The second-order valence-corrected chi connectivity index (χ2v) is 8.42. The molecule has 3 heterocycles. The molecule has 6 nitrogen and oxygen atoms in total. The van der Waals surface area contributed by atoms with E-state index in [0.29, 0.717) is 27.9 Å². The second kappa shape index (κ2) is 7.93. The first-order chi connectivity index (χ1) is 13.9. The van der Waals surface area contributed by atoms with Gasteiger partial charge in [-0.2, -0.15) is 5.10 Å². The topological polar surface area (TPSA) is 63.9 Å². The number of nitrogens with zero attached hydrogens (tertiary/aromatic N) is 5. The van der Waals surface area contributed by atoms with Gasteiger partial charge in [0.1, 0.15) is 5.52 Å². The Morgan fingerprint density at radius 1 is 1.24 bits per heavy atom. The van der Waals surface area contributed by atoms with E-state index in [1.807, 2.05) is 61.9 Å². The van der Waals surface area contributed by atoms with Crippen LogP contribution >= 0.6 is 22.9 Å². The number of benzene rings is 1. The lowest BCUT2D eigenvalue weighted by molar-refractivity contribution is 0.0979. The van der Waals surface area contributed by atoms with Gasteiger partial charge in [-0.25, -0.2) is 4.98 Å². The Balaban J connectivity index is 1.78. The van der Waals surface area contributed by atoms with Gasteiger partial charge in [-0.3, -0.25) is 19.4 Å². The maximum Gasteiger partial charge on any atom is 0.280 e. The summed E-state index contributed by atoms with van der Waals surface area (Å²) < 4.78 is 2.77. The molecule has 0 radical (unpaired) electrons. The highest BCUT2D eigenvalue weighted by Crippen LogP contribution is 2.34. The number of hydrogen-bond acceptors (Lipinski definition) is 5. The molecule has 8 heteroatoms. The summed E-state index contributed by atoms with van der Waals surface area (Å²) in [5, 5.41) is 5.66. The summed E-state index contributed by atoms with van der Waals surface area (Å²) in [6, 6.07) is 13.2. The zero-order chi connectivity index (χ0) is 20.5. The molecule has 148 valence electrons. The molecule has 0 fully saturated rings. The number of aryl methyl sites for hydroxylation is 1. The van der Waals surface area contributed by atoms with E-state index in [2.05, 4.69) is 15.1 Å². The first-order valence-electron chi connectivity index (χ1n) is 9.27. The van der Waals surface area contributed by atoms with E-state index in [1.165, 1.54) is 11.3 Å². The summed E-state index contributed by atoms with van der Waals surface area (Å²) in [4.78, 5) is 24.1. The zero-order valence-corrected chi connectivity index (χ0v) is 17.9. The van der Waals surface area contributed by atoms with Crippen LogP contribution in [-0.4, -0.2) is 25.7 Å². The van der Waals surface area contributed by atoms with Gasteiger partial charge in [0.05, 0.1) is 22.0 Å². The second-order valence-electron chi connectivity index (χ2n) is 7.00. The predicted octanol–water partition coefficient (Wildman–Crippen LogP) is 5.28. The van der Waals surface area contributed by atoms with Crippen molar-refractivity contribution < 1.29 is 4.79 Å². The highest BCUT2D eigenvalue weighted by Gasteiger charge is 2.25. The number of pyridine rings is 1. The molecule has 0 saturated heterocycles. The van der Waals surface area contributed by atoms with Gasteiger partial charge in [0.25, 0.3) is 5.91 Å². The van der Waals surface area contributed by atoms with Crippen molar-refractivity contribution in [1.82, 2.24) is 19.7 Å². The number of thiazole rings is 1. The number of amides is 1. The molecule has 1 amide bonds. The molecule has 0 aliphatic rings. The fraction of sp³-hybridized carbons (Fsp3) is 0.238. The van der Waals surface area contributed by atoms with Crippen LogP contribution in [0.25, 0.3) is 10.2 Å². The van der Waals surface area contributed by atoms with E-state index in [4.69, 9.17) is 11.6 Å². The van der Waals surface area contributed by atoms with Gasteiger partial charge in [-0.05, 0) is 51.1 Å². The van der Waals surface area contributed by atoms with E-state index >= 15 is 0 Å². The molecule has 29 heavy (non-hydrogen) atoms. The molecule has 1 aromatic carbocycles. The third-order valence-corrected chi connectivity index (χ3v) is 5.86. The predicted molar refractivity (Wildman–Crippen MR) is 117 cm³/mol. The van der Waals surface area contributed by atoms with Gasteiger partial charge < -0.3 is 0 Å². The molecule has 0 atom stereocenters. The Hall–Kier alpha value is -2.77. The third kappa shape index (κ3) is 3.88. The number of fused-ring (bicyclic) bond motifs is 1. The summed E-state index contributed by atoms with van der Waals surface area (Å²) in [6.45, 7) is 6.32. The van der Waals surface area contributed by atoms with Crippen LogP contribution in [0.4, 0.5) is 5.13 Å². The van der Waals surface area contributed by atoms with Crippen LogP contribution in [0, 0.1) is 6.92 Å². The van der Waals surface area contributed by atoms with E-state index in [0.717, 1.165) is 16.1 Å². The van der Waals surface area contributed by atoms with Crippen LogP contribution in [0.5, 0.6) is 0 Å². The Kier molecular flexibility index (Phi) is 5.34. The standard InChI is InChI=1S/C21H20ClN5OS/c1-13(2)27-14(3)11-17(25-27)20(28)26(12-15-7-4-5-10-23-15)21-24-19-16(22)8-6-9-18(19)29-21/h4-11,13H,12H2,1-3H3. The average molecular weight is 426 g/mol. The van der Waals surface area contributed by atoms with Crippen LogP contribution in [0.2, 0.25) is 5.02 Å². The number of carbonyl (C=O) groups excluding carboxylic acids is 1. The Morgan fingerprint density at radius 3 is 2.72 bits per heavy atom. The zero-order valence-electron chi connectivity index (χ0n) is 16.3. The lowest BCUT2D eigenvalue weighted by Crippen LogP contribution is -2.31. The van der Waals surface area contributed by atoms with Crippen molar-refractivity contribution >= 4 is 44.2 Å². The fourth-order valence-corrected chi connectivity index (χ4v) is 4.41. The van der Waals surface area contributed by atoms with Crippen molar-refractivity contribution in [3.8, 4) is 0 Å². The molecule has 0 unspecified atom stereocenters. The van der Waals surface area contributed by atoms with Crippen LogP contribution in [0.1, 0.15) is 41.8 Å². The van der Waals surface area contributed by atoms with Gasteiger partial charge in [0.15, 0.2) is 10.8 Å². The lowest BCUT2D eigenvalue weighted by Gasteiger charge is -2.18. The normalized spacial score (nSPS) is 11.3. The molecule has 0 saturated carbocycles. The first-order valence-corrected chi connectivity index (χ1v) is 10.5.